The molecule has 0 aliphatic carbocycles. The van der Waals surface area contributed by atoms with Crippen LogP contribution in [0, 0.1) is 0 Å². The molecule has 1 atom stereocenters. The third-order valence-electron chi connectivity index (χ3n) is 4.73. The maximum Gasteiger partial charge on any atom is 0.337 e. The van der Waals surface area contributed by atoms with Gasteiger partial charge in [0.15, 0.2) is 6.54 Å². The molecule has 0 aliphatic heterocycles. The second-order valence-corrected chi connectivity index (χ2v) is 7.62. The van der Waals surface area contributed by atoms with Crippen LogP contribution in [-0.4, -0.2) is 25.5 Å². The van der Waals surface area contributed by atoms with E-state index in [9.17, 15) is 9.59 Å². The van der Waals surface area contributed by atoms with Gasteiger partial charge in [-0.15, -0.1) is 11.3 Å². The van der Waals surface area contributed by atoms with Crippen LogP contribution < -0.4 is 10.6 Å². The largest absolute Gasteiger partial charge is 0.465 e. The number of hydrogen-bond acceptors (Lipinski definition) is 4. The molecular weight excluding hydrogens is 384 g/mol. The van der Waals surface area contributed by atoms with Crippen LogP contribution in [0.25, 0.3) is 0 Å². The van der Waals surface area contributed by atoms with Gasteiger partial charge < -0.3 is 15.4 Å². The first-order chi connectivity index (χ1) is 14.1. The zero-order valence-corrected chi connectivity index (χ0v) is 17.4. The minimum absolute atomic E-state index is 0.0772. The van der Waals surface area contributed by atoms with Gasteiger partial charge in [0.25, 0.3) is 5.91 Å². The lowest BCUT2D eigenvalue weighted by Crippen LogP contribution is -2.87. The number of methoxy groups -OCH3 is 1. The van der Waals surface area contributed by atoms with Gasteiger partial charge in [-0.25, -0.2) is 4.79 Å². The number of nitrogens with one attached hydrogen (secondary N) is 1. The number of nitrogens with two attached hydrogens (primary N) is 1. The predicted molar refractivity (Wildman–Crippen MR) is 115 cm³/mol. The summed E-state index contributed by atoms with van der Waals surface area (Å²) in [4.78, 5) is 25.2. The van der Waals surface area contributed by atoms with Gasteiger partial charge in [0, 0.05) is 11.3 Å². The van der Waals surface area contributed by atoms with Gasteiger partial charge in [-0.05, 0) is 47.7 Å². The molecule has 150 valence electrons. The zero-order chi connectivity index (χ0) is 20.6. The summed E-state index contributed by atoms with van der Waals surface area (Å²) in [6.45, 7) is 2.43. The van der Waals surface area contributed by atoms with Crippen molar-refractivity contribution in [1.82, 2.24) is 0 Å². The number of amides is 1. The van der Waals surface area contributed by atoms with Crippen molar-refractivity contribution < 1.29 is 19.6 Å². The number of quaternary nitrogens is 1. The van der Waals surface area contributed by atoms with Crippen molar-refractivity contribution in [3.63, 3.8) is 0 Å². The van der Waals surface area contributed by atoms with Crippen molar-refractivity contribution in [1.29, 1.82) is 0 Å². The van der Waals surface area contributed by atoms with Crippen LogP contribution in [-0.2, 0) is 16.0 Å². The fraction of sp³-hybridized carbons (Fsp3) is 0.217. The van der Waals surface area contributed by atoms with Gasteiger partial charge in [0.05, 0.1) is 17.6 Å². The Morgan fingerprint density at radius 2 is 1.79 bits per heavy atom. The Labute approximate surface area is 174 Å². The second-order valence-electron chi connectivity index (χ2n) is 6.65. The summed E-state index contributed by atoms with van der Waals surface area (Å²) >= 11 is 1.69. The first kappa shape index (κ1) is 20.8. The topological polar surface area (TPSA) is 72.0 Å². The van der Waals surface area contributed by atoms with Crippen molar-refractivity contribution >= 4 is 28.9 Å². The lowest BCUT2D eigenvalue weighted by Gasteiger charge is -2.15. The van der Waals surface area contributed by atoms with Crippen molar-refractivity contribution in [3.8, 4) is 0 Å². The number of rotatable bonds is 8. The summed E-state index contributed by atoms with van der Waals surface area (Å²) in [5.74, 6) is -0.494. The SMILES string of the molecule is CCc1ccc([C@@H]([NH2+]CC(=O)Nc2ccc(C(=O)OC)cc2)c2cccs2)cc1. The molecule has 0 fully saturated rings. The molecule has 0 saturated heterocycles. The number of aryl methyl sites for hydroxylation is 1. The number of esters is 1. The molecule has 1 heterocycles. The molecule has 29 heavy (non-hydrogen) atoms. The molecule has 0 aliphatic rings. The fourth-order valence-corrected chi connectivity index (χ4v) is 3.94. The highest BCUT2D eigenvalue weighted by Gasteiger charge is 2.20. The third-order valence-corrected chi connectivity index (χ3v) is 5.68. The molecule has 1 aromatic heterocycles. The van der Waals surface area contributed by atoms with E-state index in [1.165, 1.54) is 23.1 Å². The Kier molecular flexibility index (Phi) is 7.16. The molecule has 3 aromatic rings. The second kappa shape index (κ2) is 10.0. The van der Waals surface area contributed by atoms with E-state index in [0.29, 0.717) is 11.3 Å². The summed E-state index contributed by atoms with van der Waals surface area (Å²) in [6, 6.07) is 19.4. The number of ether oxygens (including phenoxy) is 1. The normalized spacial score (nSPS) is 11.7. The van der Waals surface area contributed by atoms with Crippen LogP contribution in [0.1, 0.15) is 39.3 Å². The van der Waals surface area contributed by atoms with Crippen LogP contribution in [0.4, 0.5) is 5.69 Å². The van der Waals surface area contributed by atoms with Gasteiger partial charge in [-0.1, -0.05) is 37.3 Å². The van der Waals surface area contributed by atoms with Crippen molar-refractivity contribution in [2.45, 2.75) is 19.4 Å². The van der Waals surface area contributed by atoms with Gasteiger partial charge in [-0.2, -0.15) is 0 Å². The predicted octanol–water partition coefficient (Wildman–Crippen LogP) is 3.39. The maximum absolute atomic E-state index is 12.5. The van der Waals surface area contributed by atoms with E-state index >= 15 is 0 Å². The molecule has 1 amide bonds. The number of carbonyl (C=O) groups is 2. The van der Waals surface area contributed by atoms with Gasteiger partial charge in [0.2, 0.25) is 0 Å². The van der Waals surface area contributed by atoms with Crippen LogP contribution in [0.3, 0.4) is 0 Å². The third kappa shape index (κ3) is 5.53. The lowest BCUT2D eigenvalue weighted by atomic mass is 10.0. The van der Waals surface area contributed by atoms with Crippen molar-refractivity contribution in [2.75, 3.05) is 19.0 Å². The lowest BCUT2D eigenvalue weighted by molar-refractivity contribution is -0.675. The first-order valence-electron chi connectivity index (χ1n) is 9.54. The molecule has 5 nitrogen and oxygen atoms in total. The summed E-state index contributed by atoms with van der Waals surface area (Å²) < 4.78 is 4.68. The molecular formula is C23H25N2O3S+. The number of anilines is 1. The van der Waals surface area contributed by atoms with E-state index in [1.54, 1.807) is 35.6 Å². The summed E-state index contributed by atoms with van der Waals surface area (Å²) in [6.07, 6.45) is 1.00. The Morgan fingerprint density at radius 3 is 2.38 bits per heavy atom. The zero-order valence-electron chi connectivity index (χ0n) is 16.6. The standard InChI is InChI=1S/C23H24N2O3S/c1-3-16-6-8-17(9-7-16)22(20-5-4-14-29-20)24-15-21(26)25-19-12-10-18(11-13-19)23(27)28-2/h4-14,22,24H,3,15H2,1-2H3,(H,25,26)/p+1/t22-/m1/s1. The van der Waals surface area contributed by atoms with Gasteiger partial charge >= 0.3 is 5.97 Å². The number of carbonyl (C=O) groups excluding carboxylic acids is 2. The summed E-state index contributed by atoms with van der Waals surface area (Å²) in [7, 11) is 1.34. The molecule has 2 aromatic carbocycles. The molecule has 3 N–H and O–H groups in total. The highest BCUT2D eigenvalue weighted by atomic mass is 32.1. The highest BCUT2D eigenvalue weighted by molar-refractivity contribution is 7.10. The Morgan fingerprint density at radius 1 is 1.07 bits per heavy atom. The van der Waals surface area contributed by atoms with E-state index in [0.717, 1.165) is 6.42 Å². The van der Waals surface area contributed by atoms with Gasteiger partial charge in [0.1, 0.15) is 6.04 Å². The molecule has 0 saturated carbocycles. The molecule has 0 bridgehead atoms. The molecule has 6 heteroatoms. The average molecular weight is 410 g/mol. The quantitative estimate of drug-likeness (QED) is 0.560. The smallest absolute Gasteiger partial charge is 0.337 e. The van der Waals surface area contributed by atoms with Crippen LogP contribution in [0.5, 0.6) is 0 Å². The van der Waals surface area contributed by atoms with E-state index < -0.39 is 5.97 Å². The first-order valence-corrected chi connectivity index (χ1v) is 10.4. The van der Waals surface area contributed by atoms with E-state index in [2.05, 4.69) is 52.7 Å². The summed E-state index contributed by atoms with van der Waals surface area (Å²) in [5, 5.41) is 6.98. The molecule has 0 radical (unpaired) electrons. The maximum atomic E-state index is 12.5. The van der Waals surface area contributed by atoms with E-state index in [-0.39, 0.29) is 18.5 Å². The van der Waals surface area contributed by atoms with Crippen molar-refractivity contribution in [2.24, 2.45) is 0 Å². The minimum atomic E-state index is -0.399. The number of hydrogen-bond donors (Lipinski definition) is 2. The van der Waals surface area contributed by atoms with Crippen LogP contribution in [0.2, 0.25) is 0 Å². The highest BCUT2D eigenvalue weighted by Crippen LogP contribution is 2.23. The monoisotopic (exact) mass is 409 g/mol. The summed E-state index contributed by atoms with van der Waals surface area (Å²) in [5.41, 5.74) is 3.58. The molecule has 0 spiro atoms. The number of benzene rings is 2. The molecule has 3 rings (SSSR count). The van der Waals surface area contributed by atoms with Crippen LogP contribution >= 0.6 is 11.3 Å². The minimum Gasteiger partial charge on any atom is -0.465 e. The Balaban J connectivity index is 1.64. The fourth-order valence-electron chi connectivity index (χ4n) is 3.09. The van der Waals surface area contributed by atoms with E-state index in [1.807, 2.05) is 11.4 Å². The number of thiophene rings is 1. The Hall–Kier alpha value is -2.96. The van der Waals surface area contributed by atoms with Gasteiger partial charge in [-0.3, -0.25) is 4.79 Å². The van der Waals surface area contributed by atoms with Crippen molar-refractivity contribution in [3.05, 3.63) is 87.6 Å². The Bertz CT molecular complexity index is 935. The molecule has 0 unspecified atom stereocenters. The van der Waals surface area contributed by atoms with E-state index in [4.69, 9.17) is 0 Å². The average Bonchev–Trinajstić information content (AvgIpc) is 3.29. The van der Waals surface area contributed by atoms with Crippen LogP contribution in [0.15, 0.2) is 66.0 Å².